The number of carbonyl (C=O) groups is 3. The summed E-state index contributed by atoms with van der Waals surface area (Å²) >= 11 is 0. The highest BCUT2D eigenvalue weighted by Crippen LogP contribution is 2.42. The predicted molar refractivity (Wildman–Crippen MR) is 63.4 cm³/mol. The molecular weight excluding hydrogens is 270 g/mol. The lowest BCUT2D eigenvalue weighted by Crippen LogP contribution is -2.71. The van der Waals surface area contributed by atoms with Gasteiger partial charge >= 0.3 is 12.1 Å². The van der Waals surface area contributed by atoms with Crippen molar-refractivity contribution >= 4 is 18.0 Å². The third-order valence-electron chi connectivity index (χ3n) is 3.61. The number of aliphatic carboxylic acids is 1. The average molecular weight is 285 g/mol. The van der Waals surface area contributed by atoms with Crippen molar-refractivity contribution in [1.82, 2.24) is 4.90 Å². The SMILES string of the molecule is C=CCC1C(C2(C)COC(=O)O2)C(=O)N1C(O)C(=O)O. The number of ether oxygens (including phenoxy) is 2. The van der Waals surface area contributed by atoms with Gasteiger partial charge in [0.1, 0.15) is 12.5 Å². The molecule has 0 aromatic rings. The van der Waals surface area contributed by atoms with Gasteiger partial charge < -0.3 is 24.6 Å². The number of cyclic esters (lactones) is 2. The molecule has 0 bridgehead atoms. The fraction of sp³-hybridized carbons (Fsp3) is 0.583. The number of aliphatic hydroxyl groups is 1. The first-order valence-corrected chi connectivity index (χ1v) is 6.01. The van der Waals surface area contributed by atoms with Gasteiger partial charge in [0.15, 0.2) is 5.60 Å². The first kappa shape index (κ1) is 14.3. The number of amides is 1. The number of nitrogens with zero attached hydrogens (tertiary/aromatic N) is 1. The summed E-state index contributed by atoms with van der Waals surface area (Å²) in [6.07, 6.45) is -1.01. The lowest BCUT2D eigenvalue weighted by atomic mass is 9.73. The molecule has 4 atom stereocenters. The molecule has 2 rings (SSSR count). The van der Waals surface area contributed by atoms with Crippen molar-refractivity contribution in [2.45, 2.75) is 31.2 Å². The lowest BCUT2D eigenvalue weighted by molar-refractivity contribution is -0.200. The Bertz CT molecular complexity index is 476. The number of rotatable bonds is 5. The van der Waals surface area contributed by atoms with Gasteiger partial charge in [-0.1, -0.05) is 6.08 Å². The van der Waals surface area contributed by atoms with Crippen molar-refractivity contribution in [2.75, 3.05) is 6.61 Å². The number of hydrogen-bond acceptors (Lipinski definition) is 6. The zero-order chi connectivity index (χ0) is 15.1. The van der Waals surface area contributed by atoms with Gasteiger partial charge in [-0.15, -0.1) is 6.58 Å². The van der Waals surface area contributed by atoms with Crippen molar-refractivity contribution in [1.29, 1.82) is 0 Å². The Hall–Kier alpha value is -2.09. The average Bonchev–Trinajstić information content (AvgIpc) is 2.69. The topological polar surface area (TPSA) is 113 Å². The van der Waals surface area contributed by atoms with Crippen LogP contribution in [0.5, 0.6) is 0 Å². The number of carbonyl (C=O) groups excluding carboxylic acids is 2. The number of carboxylic acids is 1. The van der Waals surface area contributed by atoms with Crippen LogP contribution < -0.4 is 0 Å². The molecule has 2 aliphatic rings. The first-order valence-electron chi connectivity index (χ1n) is 6.01. The Labute approximate surface area is 114 Å². The second-order valence-corrected chi connectivity index (χ2v) is 4.98. The third-order valence-corrected chi connectivity index (χ3v) is 3.61. The Morgan fingerprint density at radius 1 is 1.65 bits per heavy atom. The number of likely N-dealkylation sites (tertiary alicyclic amines) is 1. The van der Waals surface area contributed by atoms with E-state index in [0.29, 0.717) is 0 Å². The Morgan fingerprint density at radius 3 is 2.75 bits per heavy atom. The number of hydrogen-bond donors (Lipinski definition) is 2. The van der Waals surface area contributed by atoms with Gasteiger partial charge in [-0.3, -0.25) is 4.79 Å². The van der Waals surface area contributed by atoms with E-state index in [4.69, 9.17) is 14.6 Å². The molecular formula is C12H15NO7. The lowest BCUT2D eigenvalue weighted by Gasteiger charge is -2.51. The highest BCUT2D eigenvalue weighted by molar-refractivity contribution is 5.91. The number of carboxylic acid groups (broad SMARTS) is 1. The highest BCUT2D eigenvalue weighted by Gasteiger charge is 2.62. The minimum Gasteiger partial charge on any atom is -0.478 e. The molecule has 8 nitrogen and oxygen atoms in total. The van der Waals surface area contributed by atoms with E-state index in [0.717, 1.165) is 4.90 Å². The van der Waals surface area contributed by atoms with Crippen molar-refractivity contribution in [3.8, 4) is 0 Å². The van der Waals surface area contributed by atoms with Crippen molar-refractivity contribution in [3.63, 3.8) is 0 Å². The van der Waals surface area contributed by atoms with Gasteiger partial charge in [-0.2, -0.15) is 0 Å². The zero-order valence-corrected chi connectivity index (χ0v) is 10.8. The smallest absolute Gasteiger partial charge is 0.478 e. The van der Waals surface area contributed by atoms with E-state index in [1.54, 1.807) is 6.92 Å². The van der Waals surface area contributed by atoms with E-state index in [1.165, 1.54) is 6.08 Å². The molecule has 0 aromatic heterocycles. The maximum atomic E-state index is 12.1. The van der Waals surface area contributed by atoms with Crippen molar-refractivity contribution in [2.24, 2.45) is 5.92 Å². The number of aliphatic hydroxyl groups excluding tert-OH is 1. The highest BCUT2D eigenvalue weighted by atomic mass is 16.8. The molecule has 2 aliphatic heterocycles. The van der Waals surface area contributed by atoms with Crippen LogP contribution in [0.25, 0.3) is 0 Å². The summed E-state index contributed by atoms with van der Waals surface area (Å²) in [4.78, 5) is 34.8. The molecule has 20 heavy (non-hydrogen) atoms. The fourth-order valence-corrected chi connectivity index (χ4v) is 2.68. The molecule has 2 fully saturated rings. The molecule has 0 radical (unpaired) electrons. The summed E-state index contributed by atoms with van der Waals surface area (Å²) in [7, 11) is 0. The molecule has 0 spiro atoms. The Balaban J connectivity index is 2.23. The van der Waals surface area contributed by atoms with E-state index in [9.17, 15) is 19.5 Å². The molecule has 2 N–H and O–H groups in total. The van der Waals surface area contributed by atoms with Crippen LogP contribution in [0, 0.1) is 5.92 Å². The summed E-state index contributed by atoms with van der Waals surface area (Å²) in [5.74, 6) is -2.87. The summed E-state index contributed by atoms with van der Waals surface area (Å²) in [5.41, 5.74) is -1.16. The van der Waals surface area contributed by atoms with Gasteiger partial charge in [0, 0.05) is 0 Å². The monoisotopic (exact) mass is 285 g/mol. The maximum absolute atomic E-state index is 12.1. The van der Waals surface area contributed by atoms with E-state index in [1.807, 2.05) is 0 Å². The van der Waals surface area contributed by atoms with Crippen LogP contribution in [-0.4, -0.2) is 57.6 Å². The van der Waals surface area contributed by atoms with Crippen LogP contribution in [-0.2, 0) is 19.1 Å². The molecule has 4 unspecified atom stereocenters. The zero-order valence-electron chi connectivity index (χ0n) is 10.8. The second-order valence-electron chi connectivity index (χ2n) is 4.98. The largest absolute Gasteiger partial charge is 0.509 e. The molecule has 2 heterocycles. The normalized spacial score (nSPS) is 34.0. The molecule has 8 heteroatoms. The van der Waals surface area contributed by atoms with Crippen LogP contribution in [0.3, 0.4) is 0 Å². The van der Waals surface area contributed by atoms with E-state index >= 15 is 0 Å². The predicted octanol–water partition coefficient (Wildman–Crippen LogP) is -0.282. The van der Waals surface area contributed by atoms with Crippen LogP contribution in [0.4, 0.5) is 4.79 Å². The summed E-state index contributed by atoms with van der Waals surface area (Å²) in [6, 6.07) is -0.606. The van der Waals surface area contributed by atoms with Crippen LogP contribution >= 0.6 is 0 Å². The minimum atomic E-state index is -1.93. The third kappa shape index (κ3) is 2.01. The summed E-state index contributed by atoms with van der Waals surface area (Å²) in [6.45, 7) is 4.99. The van der Waals surface area contributed by atoms with Crippen LogP contribution in [0.2, 0.25) is 0 Å². The Morgan fingerprint density at radius 2 is 2.30 bits per heavy atom. The van der Waals surface area contributed by atoms with Gasteiger partial charge in [-0.05, 0) is 13.3 Å². The van der Waals surface area contributed by atoms with Crippen molar-refractivity contribution in [3.05, 3.63) is 12.7 Å². The minimum absolute atomic E-state index is 0.0904. The van der Waals surface area contributed by atoms with Crippen molar-refractivity contribution < 1.29 is 34.1 Å². The number of β-lactam (4-membered cyclic amide) rings is 1. The van der Waals surface area contributed by atoms with E-state index < -0.39 is 41.8 Å². The summed E-state index contributed by atoms with van der Waals surface area (Å²) in [5, 5.41) is 18.3. The molecule has 2 saturated heterocycles. The molecule has 1 amide bonds. The molecule has 0 aliphatic carbocycles. The maximum Gasteiger partial charge on any atom is 0.509 e. The van der Waals surface area contributed by atoms with Crippen LogP contribution in [0.15, 0.2) is 12.7 Å². The Kier molecular flexibility index (Phi) is 3.43. The fourth-order valence-electron chi connectivity index (χ4n) is 2.68. The first-order chi connectivity index (χ1) is 9.31. The van der Waals surface area contributed by atoms with Crippen LogP contribution in [0.1, 0.15) is 13.3 Å². The molecule has 0 saturated carbocycles. The molecule has 110 valence electrons. The van der Waals surface area contributed by atoms with Gasteiger partial charge in [-0.25, -0.2) is 9.59 Å². The van der Waals surface area contributed by atoms with Gasteiger partial charge in [0.25, 0.3) is 0 Å². The summed E-state index contributed by atoms with van der Waals surface area (Å²) < 4.78 is 9.72. The van der Waals surface area contributed by atoms with Gasteiger partial charge in [0.05, 0.1) is 6.04 Å². The van der Waals surface area contributed by atoms with E-state index in [-0.39, 0.29) is 13.0 Å². The quantitative estimate of drug-likeness (QED) is 0.405. The van der Waals surface area contributed by atoms with E-state index in [2.05, 4.69) is 6.58 Å². The second kappa shape index (κ2) is 4.78. The standard InChI is InChI=1S/C12H15NO7/c1-3-4-6-7(12(2)5-19-11(18)20-12)8(14)13(6)9(15)10(16)17/h3,6-7,9,15H,1,4-5H2,2H3,(H,16,17). The van der Waals surface area contributed by atoms with Gasteiger partial charge in [0.2, 0.25) is 12.1 Å². The molecule has 0 aromatic carbocycles.